The molecule has 0 aromatic heterocycles. The van der Waals surface area contributed by atoms with E-state index in [4.69, 9.17) is 9.94 Å². The Morgan fingerprint density at radius 3 is 2.54 bits per heavy atom. The molecule has 1 N–H and O–H groups in total. The van der Waals surface area contributed by atoms with Crippen LogP contribution in [-0.2, 0) is 16.1 Å². The molecular formula is C19H19N2O5-. The number of ether oxygens (including phenoxy) is 1. The maximum absolute atomic E-state index is 12.0. The van der Waals surface area contributed by atoms with Gasteiger partial charge in [0.2, 0.25) is 11.8 Å². The van der Waals surface area contributed by atoms with E-state index in [1.165, 1.54) is 24.1 Å². The SMILES string of the molecule is COc1ccc(CN2C(=O)CCCC2=O)cc1-c1cccc(N([O-])O)c1. The first-order valence-corrected chi connectivity index (χ1v) is 8.26. The van der Waals surface area contributed by atoms with Crippen molar-refractivity contribution in [2.75, 3.05) is 12.3 Å². The van der Waals surface area contributed by atoms with Crippen LogP contribution < -0.4 is 9.96 Å². The molecule has 7 nitrogen and oxygen atoms in total. The van der Waals surface area contributed by atoms with Crippen LogP contribution in [0.2, 0.25) is 0 Å². The molecule has 0 atom stereocenters. The zero-order valence-electron chi connectivity index (χ0n) is 14.3. The Bertz CT molecular complexity index is 818. The minimum absolute atomic E-state index is 0.0938. The van der Waals surface area contributed by atoms with Crippen molar-refractivity contribution in [2.24, 2.45) is 0 Å². The van der Waals surface area contributed by atoms with Crippen LogP contribution >= 0.6 is 0 Å². The molecule has 7 heteroatoms. The number of rotatable bonds is 5. The third kappa shape index (κ3) is 3.68. The summed E-state index contributed by atoms with van der Waals surface area (Å²) in [7, 11) is 1.53. The number of benzene rings is 2. The molecule has 1 heterocycles. The molecule has 1 aliphatic heterocycles. The second-order valence-corrected chi connectivity index (χ2v) is 6.09. The van der Waals surface area contributed by atoms with E-state index in [-0.39, 0.29) is 29.3 Å². The molecule has 26 heavy (non-hydrogen) atoms. The van der Waals surface area contributed by atoms with Crippen molar-refractivity contribution in [1.82, 2.24) is 4.90 Å². The van der Waals surface area contributed by atoms with Crippen LogP contribution in [0.4, 0.5) is 5.69 Å². The van der Waals surface area contributed by atoms with Gasteiger partial charge in [0.15, 0.2) is 0 Å². The van der Waals surface area contributed by atoms with E-state index >= 15 is 0 Å². The number of methoxy groups -OCH3 is 1. The van der Waals surface area contributed by atoms with Crippen LogP contribution in [0, 0.1) is 5.21 Å². The molecular weight excluding hydrogens is 336 g/mol. The number of carbonyl (C=O) groups is 2. The lowest BCUT2D eigenvalue weighted by molar-refractivity contribution is -0.148. The average Bonchev–Trinajstić information content (AvgIpc) is 2.65. The summed E-state index contributed by atoms with van der Waals surface area (Å²) in [6.07, 6.45) is 1.36. The van der Waals surface area contributed by atoms with Gasteiger partial charge in [0.25, 0.3) is 0 Å². The largest absolute Gasteiger partial charge is 0.733 e. The Morgan fingerprint density at radius 1 is 1.15 bits per heavy atom. The molecule has 136 valence electrons. The first-order valence-electron chi connectivity index (χ1n) is 8.26. The normalized spacial score (nSPS) is 14.5. The van der Waals surface area contributed by atoms with Crippen molar-refractivity contribution in [3.05, 3.63) is 53.2 Å². The van der Waals surface area contributed by atoms with Crippen molar-refractivity contribution in [1.29, 1.82) is 0 Å². The van der Waals surface area contributed by atoms with Crippen molar-refractivity contribution in [2.45, 2.75) is 25.8 Å². The summed E-state index contributed by atoms with van der Waals surface area (Å²) in [5.41, 5.74) is 2.24. The molecule has 1 saturated heterocycles. The molecule has 2 aromatic rings. The average molecular weight is 355 g/mol. The maximum atomic E-state index is 12.0. The van der Waals surface area contributed by atoms with Gasteiger partial charge < -0.3 is 15.2 Å². The van der Waals surface area contributed by atoms with E-state index in [0.717, 1.165) is 5.56 Å². The standard InChI is InChI=1S/C19H19N2O5/c1-26-17-9-8-13(12-20-18(22)6-3-7-19(20)23)10-16(17)14-4-2-5-15(11-14)21(24)25/h2,4-5,8-11,24H,3,6-7,12H2,1H3/q-1. The summed E-state index contributed by atoms with van der Waals surface area (Å²) in [6, 6.07) is 11.8. The summed E-state index contributed by atoms with van der Waals surface area (Å²) < 4.78 is 5.39. The fourth-order valence-corrected chi connectivity index (χ4v) is 3.03. The molecule has 2 amide bonds. The minimum atomic E-state index is -0.203. The molecule has 1 aliphatic rings. The van der Waals surface area contributed by atoms with E-state index in [1.807, 2.05) is 6.07 Å². The highest BCUT2D eigenvalue weighted by Crippen LogP contribution is 2.33. The monoisotopic (exact) mass is 355 g/mol. The zero-order valence-corrected chi connectivity index (χ0v) is 14.3. The third-order valence-corrected chi connectivity index (χ3v) is 4.37. The van der Waals surface area contributed by atoms with Gasteiger partial charge in [-0.15, -0.1) is 0 Å². The quantitative estimate of drug-likeness (QED) is 0.654. The molecule has 3 rings (SSSR count). The number of piperidine rings is 1. The van der Waals surface area contributed by atoms with Gasteiger partial charge in [-0.05, 0) is 41.8 Å². The van der Waals surface area contributed by atoms with Crippen LogP contribution in [0.15, 0.2) is 42.5 Å². The lowest BCUT2D eigenvalue weighted by Gasteiger charge is -2.25. The fourth-order valence-electron chi connectivity index (χ4n) is 3.03. The lowest BCUT2D eigenvalue weighted by atomic mass is 10.0. The second-order valence-electron chi connectivity index (χ2n) is 6.09. The van der Waals surface area contributed by atoms with Gasteiger partial charge in [0.1, 0.15) is 5.75 Å². The summed E-state index contributed by atoms with van der Waals surface area (Å²) in [5.74, 6) is 0.253. The number of anilines is 1. The molecule has 0 saturated carbocycles. The van der Waals surface area contributed by atoms with Gasteiger partial charge >= 0.3 is 0 Å². The smallest absolute Gasteiger partial charge is 0.229 e. The third-order valence-electron chi connectivity index (χ3n) is 4.37. The number of nitrogens with zero attached hydrogens (tertiary/aromatic N) is 2. The van der Waals surface area contributed by atoms with E-state index in [0.29, 0.717) is 36.1 Å². The fraction of sp³-hybridized carbons (Fsp3) is 0.263. The van der Waals surface area contributed by atoms with Crippen LogP contribution in [-0.4, -0.2) is 29.0 Å². The first kappa shape index (κ1) is 17.9. The van der Waals surface area contributed by atoms with Gasteiger partial charge in [-0.25, -0.2) is 0 Å². The van der Waals surface area contributed by atoms with Crippen LogP contribution in [0.3, 0.4) is 0 Å². The van der Waals surface area contributed by atoms with Gasteiger partial charge in [0.05, 0.1) is 19.3 Å². The van der Waals surface area contributed by atoms with Crippen LogP contribution in [0.5, 0.6) is 5.75 Å². The summed E-state index contributed by atoms with van der Waals surface area (Å²) in [4.78, 5) is 25.3. The van der Waals surface area contributed by atoms with Gasteiger partial charge in [0, 0.05) is 18.4 Å². The predicted octanol–water partition coefficient (Wildman–Crippen LogP) is 3.09. The first-order chi connectivity index (χ1) is 12.5. The van der Waals surface area contributed by atoms with E-state index < -0.39 is 0 Å². The van der Waals surface area contributed by atoms with Crippen molar-refractivity contribution < 1.29 is 19.5 Å². The molecule has 0 bridgehead atoms. The number of likely N-dealkylation sites (tertiary alicyclic amines) is 1. The highest BCUT2D eigenvalue weighted by Gasteiger charge is 2.26. The predicted molar refractivity (Wildman–Crippen MR) is 95.5 cm³/mol. The molecule has 0 radical (unpaired) electrons. The number of amides is 2. The summed E-state index contributed by atoms with van der Waals surface area (Å²) in [6.45, 7) is 0.196. The highest BCUT2D eigenvalue weighted by molar-refractivity contribution is 5.97. The van der Waals surface area contributed by atoms with E-state index in [9.17, 15) is 14.8 Å². The van der Waals surface area contributed by atoms with Gasteiger partial charge in [-0.1, -0.05) is 18.2 Å². The Hall–Kier alpha value is -2.90. The molecule has 1 fully saturated rings. The Morgan fingerprint density at radius 2 is 1.88 bits per heavy atom. The van der Waals surface area contributed by atoms with E-state index in [2.05, 4.69) is 0 Å². The Kier molecular flexibility index (Phi) is 5.20. The molecule has 0 spiro atoms. The highest BCUT2D eigenvalue weighted by atomic mass is 16.8. The van der Waals surface area contributed by atoms with Crippen molar-refractivity contribution in [3.63, 3.8) is 0 Å². The van der Waals surface area contributed by atoms with E-state index in [1.54, 1.807) is 24.3 Å². The molecule has 0 unspecified atom stereocenters. The molecule has 2 aromatic carbocycles. The number of hydrogen-bond donors (Lipinski definition) is 1. The van der Waals surface area contributed by atoms with Crippen molar-refractivity contribution >= 4 is 17.5 Å². The zero-order chi connectivity index (χ0) is 18.7. The van der Waals surface area contributed by atoms with Gasteiger partial charge in [-0.3, -0.25) is 19.7 Å². The second kappa shape index (κ2) is 7.55. The minimum Gasteiger partial charge on any atom is -0.733 e. The topological polar surface area (TPSA) is 93.1 Å². The van der Waals surface area contributed by atoms with Gasteiger partial charge in [-0.2, -0.15) is 0 Å². The molecule has 0 aliphatic carbocycles. The lowest BCUT2D eigenvalue weighted by Crippen LogP contribution is -2.39. The number of carbonyl (C=O) groups excluding carboxylic acids is 2. The van der Waals surface area contributed by atoms with Crippen LogP contribution in [0.25, 0.3) is 11.1 Å². The Labute approximate surface area is 150 Å². The number of hydrogen-bond acceptors (Lipinski definition) is 6. The van der Waals surface area contributed by atoms with Crippen LogP contribution in [0.1, 0.15) is 24.8 Å². The summed E-state index contributed by atoms with van der Waals surface area (Å²) in [5, 5.41) is 20.1. The maximum Gasteiger partial charge on any atom is 0.229 e. The summed E-state index contributed by atoms with van der Waals surface area (Å²) >= 11 is 0. The van der Waals surface area contributed by atoms with Crippen molar-refractivity contribution in [3.8, 4) is 16.9 Å². The number of imide groups is 1. The Balaban J connectivity index is 1.95.